The van der Waals surface area contributed by atoms with Gasteiger partial charge in [-0.1, -0.05) is 0 Å². The summed E-state index contributed by atoms with van der Waals surface area (Å²) in [4.78, 5) is 11.7. The zero-order valence-corrected chi connectivity index (χ0v) is 14.1. The summed E-state index contributed by atoms with van der Waals surface area (Å²) in [5.74, 6) is 0.892. The van der Waals surface area contributed by atoms with E-state index in [1.54, 1.807) is 6.92 Å². The molecule has 1 rings (SSSR count). The average molecular weight is 414 g/mol. The number of nitrogens with one attached hydrogen (secondary N) is 1. The van der Waals surface area contributed by atoms with Crippen molar-refractivity contribution in [1.82, 2.24) is 9.97 Å². The van der Waals surface area contributed by atoms with Gasteiger partial charge in [0.2, 0.25) is 0 Å². The molecule has 0 spiro atoms. The van der Waals surface area contributed by atoms with Gasteiger partial charge in [-0.25, -0.2) is 0 Å². The molecule has 16 heavy (non-hydrogen) atoms. The van der Waals surface area contributed by atoms with E-state index >= 15 is 0 Å². The van der Waals surface area contributed by atoms with Crippen molar-refractivity contribution in [2.24, 2.45) is 10.9 Å². The SMILES string of the molecule is CCC(C)C=Nc1c(C)nc(F)nc1[NH][Tl]. The number of hydrogen-bond acceptors (Lipinski definition) is 4. The molecule has 1 aromatic heterocycles. The molecule has 0 aliphatic rings. The molecule has 0 saturated carbocycles. The van der Waals surface area contributed by atoms with Crippen LogP contribution in [0.1, 0.15) is 26.0 Å². The summed E-state index contributed by atoms with van der Waals surface area (Å²) in [7, 11) is 0. The van der Waals surface area contributed by atoms with Crippen LogP contribution >= 0.6 is 0 Å². The third kappa shape index (κ3) is 3.46. The van der Waals surface area contributed by atoms with E-state index in [1.807, 2.05) is 6.21 Å². The Morgan fingerprint density at radius 2 is 2.25 bits per heavy atom. The first-order valence-electron chi connectivity index (χ1n) is 5.13. The van der Waals surface area contributed by atoms with Crippen molar-refractivity contribution in [3.63, 3.8) is 0 Å². The zero-order valence-electron chi connectivity index (χ0n) is 9.66. The monoisotopic (exact) mass is 414 g/mol. The molecule has 84 valence electrons. The third-order valence-electron chi connectivity index (χ3n) is 2.27. The topological polar surface area (TPSA) is 50.2 Å². The van der Waals surface area contributed by atoms with Crippen LogP contribution in [0.15, 0.2) is 4.99 Å². The summed E-state index contributed by atoms with van der Waals surface area (Å²) in [6.07, 6.45) is 2.17. The van der Waals surface area contributed by atoms with Gasteiger partial charge in [-0.15, -0.1) is 0 Å². The molecule has 0 aliphatic heterocycles. The van der Waals surface area contributed by atoms with Crippen molar-refractivity contribution in [2.75, 3.05) is 3.13 Å². The van der Waals surface area contributed by atoms with Crippen LogP contribution in [0.25, 0.3) is 0 Å². The minimum absolute atomic E-state index is 0.397. The number of rotatable bonds is 4. The van der Waals surface area contributed by atoms with Crippen molar-refractivity contribution in [1.29, 1.82) is 0 Å². The Hall–Kier alpha value is -0.598. The van der Waals surface area contributed by atoms with Crippen molar-refractivity contribution in [2.45, 2.75) is 27.2 Å². The van der Waals surface area contributed by atoms with Gasteiger partial charge in [-0.05, 0) is 0 Å². The Kier molecular flexibility index (Phi) is 5.23. The Balaban J connectivity index is 3.07. The molecule has 0 bridgehead atoms. The van der Waals surface area contributed by atoms with Gasteiger partial charge in [0.15, 0.2) is 0 Å². The van der Waals surface area contributed by atoms with E-state index < -0.39 is 6.08 Å². The zero-order chi connectivity index (χ0) is 12.1. The van der Waals surface area contributed by atoms with Crippen LogP contribution in [0.3, 0.4) is 0 Å². The molecule has 1 aromatic rings. The van der Waals surface area contributed by atoms with E-state index in [1.165, 1.54) is 0 Å². The number of aryl methyl sites for hydroxylation is 1. The van der Waals surface area contributed by atoms with Gasteiger partial charge in [0.25, 0.3) is 0 Å². The molecule has 0 saturated heterocycles. The summed E-state index contributed by atoms with van der Waals surface area (Å²) in [6.45, 7) is 5.91. The van der Waals surface area contributed by atoms with Crippen molar-refractivity contribution >= 4 is 43.8 Å². The third-order valence-corrected chi connectivity index (χ3v) is 3.33. The predicted molar refractivity (Wildman–Crippen MR) is 63.7 cm³/mol. The number of anilines is 1. The molecule has 1 atom stereocenters. The first-order valence-corrected chi connectivity index (χ1v) is 7.37. The van der Waals surface area contributed by atoms with E-state index in [9.17, 15) is 4.39 Å². The molecule has 1 N–H and O–H groups in total. The number of hydrogen-bond donors (Lipinski definition) is 1. The van der Waals surface area contributed by atoms with Gasteiger partial charge in [-0.3, -0.25) is 0 Å². The molecular formula is C10H14FN4Tl. The van der Waals surface area contributed by atoms with Gasteiger partial charge in [0, 0.05) is 0 Å². The standard InChI is InChI=1S/C10H14FN4.Tl/c1-4-6(2)5-13-8-7(3)14-10(11)15-9(8)12;/h5-6H,4H2,1-3H3,(H-,12,14,15);/q-1;+1. The van der Waals surface area contributed by atoms with E-state index in [2.05, 4.69) is 31.9 Å². The Bertz CT molecular complexity index is 395. The van der Waals surface area contributed by atoms with E-state index in [4.69, 9.17) is 0 Å². The van der Waals surface area contributed by atoms with Crippen LogP contribution in [0.2, 0.25) is 0 Å². The average Bonchev–Trinajstić information content (AvgIpc) is 2.26. The molecule has 6 heteroatoms. The predicted octanol–water partition coefficient (Wildman–Crippen LogP) is 2.17. The van der Waals surface area contributed by atoms with E-state index in [0.29, 0.717) is 49.2 Å². The number of halogens is 1. The van der Waals surface area contributed by atoms with Gasteiger partial charge < -0.3 is 0 Å². The summed E-state index contributed by atoms with van der Waals surface area (Å²) in [5.41, 5.74) is 1.21. The second kappa shape index (κ2) is 6.21. The summed E-state index contributed by atoms with van der Waals surface area (Å²) in [5, 5.41) is 0. The van der Waals surface area contributed by atoms with Gasteiger partial charge in [-0.2, -0.15) is 0 Å². The molecule has 1 heterocycles. The normalized spacial score (nSPS) is 12.9. The number of nitrogens with zero attached hydrogens (tertiary/aromatic N) is 3. The first-order chi connectivity index (χ1) is 7.58. The Morgan fingerprint density at radius 3 is 2.81 bits per heavy atom. The van der Waals surface area contributed by atoms with Crippen LogP contribution in [0, 0.1) is 18.9 Å². The van der Waals surface area contributed by atoms with Crippen LogP contribution in [0.4, 0.5) is 15.9 Å². The summed E-state index contributed by atoms with van der Waals surface area (Å²) in [6, 6.07) is 0. The van der Waals surface area contributed by atoms with Crippen LogP contribution in [0.5, 0.6) is 0 Å². The summed E-state index contributed by atoms with van der Waals surface area (Å²) >= 11 is 0.497. The van der Waals surface area contributed by atoms with E-state index in [-0.39, 0.29) is 0 Å². The molecule has 0 fully saturated rings. The van der Waals surface area contributed by atoms with Crippen molar-refractivity contribution in [3.05, 3.63) is 11.8 Å². The summed E-state index contributed by atoms with van der Waals surface area (Å²) < 4.78 is 15.9. The first kappa shape index (κ1) is 13.5. The molecule has 0 aliphatic carbocycles. The second-order valence-electron chi connectivity index (χ2n) is 3.58. The van der Waals surface area contributed by atoms with Gasteiger partial charge in [0.1, 0.15) is 0 Å². The molecular weight excluding hydrogens is 400 g/mol. The Morgan fingerprint density at radius 1 is 1.56 bits per heavy atom. The molecule has 1 unspecified atom stereocenters. The van der Waals surface area contributed by atoms with Crippen LogP contribution in [-0.2, 0) is 0 Å². The number of aliphatic imine (C=N–C) groups is 1. The molecule has 0 radical (unpaired) electrons. The number of aromatic nitrogens is 2. The Labute approximate surface area is 111 Å². The van der Waals surface area contributed by atoms with Crippen molar-refractivity contribution in [3.8, 4) is 0 Å². The molecule has 4 nitrogen and oxygen atoms in total. The molecule has 0 aromatic carbocycles. The van der Waals surface area contributed by atoms with E-state index in [0.717, 1.165) is 6.42 Å². The maximum atomic E-state index is 13.0. The quantitative estimate of drug-likeness (QED) is 0.468. The fourth-order valence-corrected chi connectivity index (χ4v) is 1.88. The van der Waals surface area contributed by atoms with Crippen LogP contribution in [-0.4, -0.2) is 42.2 Å². The van der Waals surface area contributed by atoms with Gasteiger partial charge in [0.05, 0.1) is 0 Å². The molecule has 0 amide bonds. The minimum atomic E-state index is -0.705. The van der Waals surface area contributed by atoms with Gasteiger partial charge >= 0.3 is 111 Å². The van der Waals surface area contributed by atoms with Crippen LogP contribution < -0.4 is 3.13 Å². The fourth-order valence-electron chi connectivity index (χ4n) is 1.10. The second-order valence-corrected chi connectivity index (χ2v) is 4.71. The maximum absolute atomic E-state index is 13.0. The fraction of sp³-hybridized carbons (Fsp3) is 0.500. The van der Waals surface area contributed by atoms with Crippen molar-refractivity contribution < 1.29 is 4.39 Å².